The van der Waals surface area contributed by atoms with Gasteiger partial charge in [-0.05, 0) is 0 Å². The van der Waals surface area contributed by atoms with Crippen LogP contribution in [0.1, 0.15) is 0 Å². The molecule has 0 aromatic heterocycles. The van der Waals surface area contributed by atoms with Crippen molar-refractivity contribution in [1.29, 1.82) is 0 Å². The van der Waals surface area contributed by atoms with E-state index in [9.17, 15) is 16.8 Å². The molecule has 0 spiro atoms. The molecular formula is CH5LiO6S2. The van der Waals surface area contributed by atoms with Crippen molar-refractivity contribution in [3.05, 3.63) is 0 Å². The van der Waals surface area contributed by atoms with Crippen LogP contribution in [-0.2, 0) is 24.1 Å². The van der Waals surface area contributed by atoms with Gasteiger partial charge in [-0.2, -0.15) is 16.8 Å². The summed E-state index contributed by atoms with van der Waals surface area (Å²) >= 11 is 0. The fraction of sp³-hybridized carbons (Fsp3) is 1.00. The molecule has 0 aliphatic rings. The SMILES string of the molecule is CS(=O)(=O)OS(=O)(=O)O.[LiH]. The van der Waals surface area contributed by atoms with Crippen molar-refractivity contribution in [1.82, 2.24) is 0 Å². The molecule has 58 valence electrons. The maximum absolute atomic E-state index is 9.89. The first-order valence-electron chi connectivity index (χ1n) is 1.59. The van der Waals surface area contributed by atoms with E-state index in [2.05, 4.69) is 3.63 Å². The van der Waals surface area contributed by atoms with Crippen LogP contribution in [0.2, 0.25) is 0 Å². The quantitative estimate of drug-likeness (QED) is 0.398. The van der Waals surface area contributed by atoms with E-state index in [-0.39, 0.29) is 18.9 Å². The van der Waals surface area contributed by atoms with Crippen molar-refractivity contribution in [3.8, 4) is 0 Å². The van der Waals surface area contributed by atoms with Gasteiger partial charge in [-0.1, -0.05) is 0 Å². The molecule has 0 heterocycles. The van der Waals surface area contributed by atoms with Crippen molar-refractivity contribution in [2.24, 2.45) is 0 Å². The molecule has 0 aromatic carbocycles. The van der Waals surface area contributed by atoms with E-state index in [1.165, 1.54) is 0 Å². The molecule has 0 aromatic rings. The summed E-state index contributed by atoms with van der Waals surface area (Å²) in [4.78, 5) is 0. The summed E-state index contributed by atoms with van der Waals surface area (Å²) in [7, 11) is -8.99. The summed E-state index contributed by atoms with van der Waals surface area (Å²) in [6.45, 7) is 0. The van der Waals surface area contributed by atoms with E-state index in [0.29, 0.717) is 6.26 Å². The summed E-state index contributed by atoms with van der Waals surface area (Å²) in [6, 6.07) is 0. The van der Waals surface area contributed by atoms with Gasteiger partial charge >= 0.3 is 29.3 Å². The second-order valence-corrected chi connectivity index (χ2v) is 4.01. The third kappa shape index (κ3) is 11.2. The fourth-order valence-corrected chi connectivity index (χ4v) is 1.41. The first kappa shape index (κ1) is 13.0. The van der Waals surface area contributed by atoms with Gasteiger partial charge in [-0.15, -0.1) is 3.63 Å². The van der Waals surface area contributed by atoms with Crippen LogP contribution < -0.4 is 0 Å². The van der Waals surface area contributed by atoms with Gasteiger partial charge in [0.1, 0.15) is 0 Å². The van der Waals surface area contributed by atoms with Gasteiger partial charge in [-0.3, -0.25) is 4.55 Å². The van der Waals surface area contributed by atoms with Gasteiger partial charge in [0.2, 0.25) is 0 Å². The third-order valence-electron chi connectivity index (χ3n) is 0.210. The molecule has 9 heteroatoms. The monoisotopic (exact) mass is 184 g/mol. The summed E-state index contributed by atoms with van der Waals surface area (Å²) in [5, 5.41) is 0. The standard InChI is InChI=1S/CH4O6S2.Li.H/c1-8(2,3)7-9(4,5)6;;/h1H3,(H,4,5,6);;. The number of hydrogen-bond acceptors (Lipinski definition) is 5. The Morgan fingerprint density at radius 1 is 1.20 bits per heavy atom. The summed E-state index contributed by atoms with van der Waals surface area (Å²) in [5.74, 6) is 0. The molecule has 1 N–H and O–H groups in total. The Bertz CT molecular complexity index is 241. The Balaban J connectivity index is 0. The van der Waals surface area contributed by atoms with Crippen LogP contribution in [-0.4, -0.2) is 46.5 Å². The Morgan fingerprint density at radius 2 is 1.50 bits per heavy atom. The molecule has 0 amide bonds. The molecule has 0 saturated heterocycles. The predicted molar refractivity (Wildman–Crippen MR) is 34.6 cm³/mol. The zero-order valence-electron chi connectivity index (χ0n) is 4.30. The number of rotatable bonds is 2. The molecule has 0 fully saturated rings. The van der Waals surface area contributed by atoms with E-state index in [1.807, 2.05) is 0 Å². The molecule has 0 unspecified atom stereocenters. The van der Waals surface area contributed by atoms with Crippen molar-refractivity contribution in [3.63, 3.8) is 0 Å². The first-order valence-corrected chi connectivity index (χ1v) is 4.77. The molecule has 0 rings (SSSR count). The zero-order chi connectivity index (χ0) is 7.71. The molecule has 0 atom stereocenters. The van der Waals surface area contributed by atoms with Crippen LogP contribution in [0.4, 0.5) is 0 Å². The van der Waals surface area contributed by atoms with Crippen LogP contribution in [0.15, 0.2) is 0 Å². The van der Waals surface area contributed by atoms with Crippen LogP contribution in [0, 0.1) is 0 Å². The average Bonchev–Trinajstić information content (AvgIpc) is 1.14. The van der Waals surface area contributed by atoms with Crippen LogP contribution in [0.3, 0.4) is 0 Å². The van der Waals surface area contributed by atoms with E-state index in [0.717, 1.165) is 0 Å². The van der Waals surface area contributed by atoms with Crippen molar-refractivity contribution in [2.45, 2.75) is 0 Å². The molecule has 0 aliphatic heterocycles. The molecule has 0 saturated carbocycles. The van der Waals surface area contributed by atoms with Crippen LogP contribution in [0.5, 0.6) is 0 Å². The van der Waals surface area contributed by atoms with E-state index < -0.39 is 20.5 Å². The van der Waals surface area contributed by atoms with Gasteiger partial charge in [-0.25, -0.2) is 0 Å². The topological polar surface area (TPSA) is 97.7 Å². The molecule has 10 heavy (non-hydrogen) atoms. The fourth-order valence-electron chi connectivity index (χ4n) is 0.156. The van der Waals surface area contributed by atoms with E-state index in [4.69, 9.17) is 4.55 Å². The van der Waals surface area contributed by atoms with Gasteiger partial charge in [0.05, 0.1) is 6.26 Å². The minimum atomic E-state index is -4.87. The predicted octanol–water partition coefficient (Wildman–Crippen LogP) is -1.88. The van der Waals surface area contributed by atoms with Crippen molar-refractivity contribution < 1.29 is 25.0 Å². The molecule has 0 radical (unpaired) electrons. The average molecular weight is 184 g/mol. The van der Waals surface area contributed by atoms with Gasteiger partial charge in [0, 0.05) is 0 Å². The zero-order valence-corrected chi connectivity index (χ0v) is 5.94. The Morgan fingerprint density at radius 3 is 1.50 bits per heavy atom. The van der Waals surface area contributed by atoms with E-state index in [1.54, 1.807) is 0 Å². The van der Waals surface area contributed by atoms with Gasteiger partial charge < -0.3 is 0 Å². The maximum atomic E-state index is 9.89. The Hall–Kier alpha value is 0.417. The van der Waals surface area contributed by atoms with Crippen molar-refractivity contribution in [2.75, 3.05) is 6.26 Å². The second kappa shape index (κ2) is 3.71. The van der Waals surface area contributed by atoms with Gasteiger partial charge in [0.15, 0.2) is 0 Å². The molecule has 0 bridgehead atoms. The summed E-state index contributed by atoms with van der Waals surface area (Å²) < 4.78 is 49.8. The molecule has 0 aliphatic carbocycles. The Kier molecular flexibility index (Phi) is 4.83. The number of hydrogen-bond donors (Lipinski definition) is 1. The van der Waals surface area contributed by atoms with Crippen LogP contribution >= 0.6 is 0 Å². The molecular weight excluding hydrogens is 179 g/mol. The normalized spacial score (nSPS) is 12.2. The minimum absolute atomic E-state index is 0. The van der Waals surface area contributed by atoms with E-state index >= 15 is 0 Å². The summed E-state index contributed by atoms with van der Waals surface area (Å²) in [6.07, 6.45) is 0.501. The van der Waals surface area contributed by atoms with Crippen LogP contribution in [0.25, 0.3) is 0 Å². The molecule has 6 nitrogen and oxygen atoms in total. The first-order chi connectivity index (χ1) is 3.71. The van der Waals surface area contributed by atoms with Gasteiger partial charge in [0.25, 0.3) is 10.1 Å². The summed E-state index contributed by atoms with van der Waals surface area (Å²) in [5.41, 5.74) is 0. The van der Waals surface area contributed by atoms with Crippen molar-refractivity contribution >= 4 is 39.4 Å². The Labute approximate surface area is 70.8 Å². The second-order valence-electron chi connectivity index (χ2n) is 1.20. The third-order valence-corrected chi connectivity index (χ3v) is 1.89.